The van der Waals surface area contributed by atoms with E-state index in [1.54, 1.807) is 7.11 Å². The lowest BCUT2D eigenvalue weighted by molar-refractivity contribution is -0.0273. The van der Waals surface area contributed by atoms with Crippen molar-refractivity contribution in [2.75, 3.05) is 13.7 Å². The van der Waals surface area contributed by atoms with Crippen LogP contribution in [-0.2, 0) is 4.74 Å². The second kappa shape index (κ2) is 5.49. The predicted molar refractivity (Wildman–Crippen MR) is 89.6 cm³/mol. The van der Waals surface area contributed by atoms with Gasteiger partial charge in [0.25, 0.3) is 0 Å². The average Bonchev–Trinajstić information content (AvgIpc) is 2.83. The van der Waals surface area contributed by atoms with E-state index in [0.29, 0.717) is 36.0 Å². The Bertz CT molecular complexity index is 599. The number of fused-ring (bicyclic) bond motifs is 5. The van der Waals surface area contributed by atoms with Gasteiger partial charge in [-0.15, -0.1) is 0 Å². The molecule has 0 amide bonds. The molecule has 2 fully saturated rings. The number of rotatable bonds is 2. The fourth-order valence-corrected chi connectivity index (χ4v) is 6.04. The van der Waals surface area contributed by atoms with Crippen molar-refractivity contribution >= 4 is 0 Å². The first-order valence-electron chi connectivity index (χ1n) is 9.04. The summed E-state index contributed by atoms with van der Waals surface area (Å²) >= 11 is 0. The molecule has 0 spiro atoms. The van der Waals surface area contributed by atoms with Crippen LogP contribution in [-0.4, -0.2) is 30.0 Å². The minimum Gasteiger partial charge on any atom is -0.508 e. The molecule has 0 saturated heterocycles. The number of phenolic OH excluding ortho intramolecular Hbond substituents is 1. The first-order valence-corrected chi connectivity index (χ1v) is 9.04. The smallest absolute Gasteiger partial charge is 0.115 e. The van der Waals surface area contributed by atoms with Crippen LogP contribution in [0.25, 0.3) is 0 Å². The zero-order valence-corrected chi connectivity index (χ0v) is 14.2. The molecule has 2 N–H and O–H groups in total. The Balaban J connectivity index is 1.74. The Labute approximate surface area is 138 Å². The quantitative estimate of drug-likeness (QED) is 0.872. The van der Waals surface area contributed by atoms with Crippen LogP contribution in [0, 0.1) is 17.3 Å². The lowest BCUT2D eigenvalue weighted by atomic mass is 9.54. The molecule has 0 heterocycles. The third-order valence-corrected chi connectivity index (χ3v) is 7.22. The van der Waals surface area contributed by atoms with Crippen LogP contribution in [0.1, 0.15) is 62.0 Å². The van der Waals surface area contributed by atoms with Gasteiger partial charge in [0, 0.05) is 13.0 Å². The van der Waals surface area contributed by atoms with Crippen molar-refractivity contribution < 1.29 is 14.9 Å². The van der Waals surface area contributed by atoms with Gasteiger partial charge in [0.2, 0.25) is 0 Å². The topological polar surface area (TPSA) is 49.7 Å². The Kier molecular flexibility index (Phi) is 3.69. The van der Waals surface area contributed by atoms with Gasteiger partial charge in [-0.1, -0.05) is 13.0 Å². The summed E-state index contributed by atoms with van der Waals surface area (Å²) in [4.78, 5) is 0. The van der Waals surface area contributed by atoms with Crippen LogP contribution in [0.2, 0.25) is 0 Å². The number of aliphatic hydroxyl groups is 1. The number of benzene rings is 1. The Morgan fingerprint density at radius 1 is 1.22 bits per heavy atom. The van der Waals surface area contributed by atoms with Gasteiger partial charge in [-0.3, -0.25) is 0 Å². The predicted octanol–water partition coefficient (Wildman–Crippen LogP) is 3.80. The highest BCUT2D eigenvalue weighted by molar-refractivity contribution is 5.42. The molecule has 3 nitrogen and oxygen atoms in total. The zero-order chi connectivity index (χ0) is 16.2. The lowest BCUT2D eigenvalue weighted by Crippen LogP contribution is -2.44. The number of hydrogen-bond acceptors (Lipinski definition) is 3. The highest BCUT2D eigenvalue weighted by Gasteiger charge is 2.55. The number of methoxy groups -OCH3 is 1. The molecular formula is C20H28O3. The summed E-state index contributed by atoms with van der Waals surface area (Å²) in [5, 5.41) is 20.4. The summed E-state index contributed by atoms with van der Waals surface area (Å²) in [5.41, 5.74) is 2.81. The first-order chi connectivity index (χ1) is 11.0. The van der Waals surface area contributed by atoms with Crippen LogP contribution in [0.3, 0.4) is 0 Å². The van der Waals surface area contributed by atoms with Crippen LogP contribution in [0.4, 0.5) is 0 Å². The van der Waals surface area contributed by atoms with E-state index < -0.39 is 0 Å². The summed E-state index contributed by atoms with van der Waals surface area (Å²) < 4.78 is 5.48. The maximum Gasteiger partial charge on any atom is 0.115 e. The number of hydrogen-bond donors (Lipinski definition) is 2. The molecule has 0 aromatic heterocycles. The highest BCUT2D eigenvalue weighted by atomic mass is 16.5. The van der Waals surface area contributed by atoms with E-state index in [1.165, 1.54) is 11.1 Å². The third-order valence-electron chi connectivity index (χ3n) is 7.22. The van der Waals surface area contributed by atoms with Crippen molar-refractivity contribution in [1.29, 1.82) is 0 Å². The minimum atomic E-state index is -0.129. The second-order valence-electron chi connectivity index (χ2n) is 8.22. The maximum atomic E-state index is 10.5. The molecule has 6 atom stereocenters. The molecule has 0 radical (unpaired) electrons. The number of aromatic hydroxyl groups is 1. The summed E-state index contributed by atoms with van der Waals surface area (Å²) in [6, 6.07) is 5.92. The van der Waals surface area contributed by atoms with Gasteiger partial charge in [0.05, 0.1) is 12.7 Å². The molecule has 2 saturated carbocycles. The van der Waals surface area contributed by atoms with Gasteiger partial charge in [0.1, 0.15) is 5.75 Å². The van der Waals surface area contributed by atoms with Gasteiger partial charge in [-0.25, -0.2) is 0 Å². The third kappa shape index (κ3) is 2.24. The fraction of sp³-hybridized carbons (Fsp3) is 0.700. The van der Waals surface area contributed by atoms with Gasteiger partial charge < -0.3 is 14.9 Å². The van der Waals surface area contributed by atoms with Crippen molar-refractivity contribution in [3.8, 4) is 5.75 Å². The fourth-order valence-electron chi connectivity index (χ4n) is 6.04. The lowest BCUT2D eigenvalue weighted by Gasteiger charge is -2.51. The van der Waals surface area contributed by atoms with Gasteiger partial charge in [-0.2, -0.15) is 0 Å². The average molecular weight is 316 g/mol. The molecule has 4 rings (SSSR count). The van der Waals surface area contributed by atoms with E-state index in [-0.39, 0.29) is 11.5 Å². The van der Waals surface area contributed by atoms with Gasteiger partial charge in [0.15, 0.2) is 0 Å². The zero-order valence-electron chi connectivity index (χ0n) is 14.2. The van der Waals surface area contributed by atoms with Gasteiger partial charge >= 0.3 is 0 Å². The molecule has 3 heteroatoms. The molecule has 1 aromatic rings. The van der Waals surface area contributed by atoms with Crippen molar-refractivity contribution in [2.45, 2.75) is 57.0 Å². The van der Waals surface area contributed by atoms with E-state index in [0.717, 1.165) is 32.1 Å². The SMILES string of the molecule is COC[C@H]1C[C@@H]2[C@H](CC[C@]3(C)C(O)CC[C@@H]23)c2ccc(O)cc21. The molecule has 23 heavy (non-hydrogen) atoms. The highest BCUT2D eigenvalue weighted by Crippen LogP contribution is 2.62. The summed E-state index contributed by atoms with van der Waals surface area (Å²) in [6.45, 7) is 3.02. The van der Waals surface area contributed by atoms with E-state index >= 15 is 0 Å². The normalized spacial score (nSPS) is 42.0. The molecule has 3 aliphatic carbocycles. The molecule has 1 unspecified atom stereocenters. The van der Waals surface area contributed by atoms with E-state index in [9.17, 15) is 10.2 Å². The van der Waals surface area contributed by atoms with Crippen molar-refractivity contribution in [1.82, 2.24) is 0 Å². The Morgan fingerprint density at radius 2 is 2.04 bits per heavy atom. The molecule has 3 aliphatic rings. The van der Waals surface area contributed by atoms with Crippen molar-refractivity contribution in [2.24, 2.45) is 17.3 Å². The van der Waals surface area contributed by atoms with Crippen LogP contribution in [0.5, 0.6) is 5.75 Å². The Hall–Kier alpha value is -1.06. The maximum absolute atomic E-state index is 10.5. The van der Waals surface area contributed by atoms with E-state index in [4.69, 9.17) is 4.74 Å². The first kappa shape index (κ1) is 15.5. The second-order valence-corrected chi connectivity index (χ2v) is 8.22. The van der Waals surface area contributed by atoms with Crippen LogP contribution < -0.4 is 0 Å². The summed E-state index contributed by atoms with van der Waals surface area (Å²) in [7, 11) is 1.76. The van der Waals surface area contributed by atoms with Crippen molar-refractivity contribution in [3.05, 3.63) is 29.3 Å². The largest absolute Gasteiger partial charge is 0.508 e. The van der Waals surface area contributed by atoms with E-state index in [2.05, 4.69) is 13.0 Å². The number of ether oxygens (including phenoxy) is 1. The van der Waals surface area contributed by atoms with E-state index in [1.807, 2.05) is 12.1 Å². The minimum absolute atomic E-state index is 0.104. The summed E-state index contributed by atoms with van der Waals surface area (Å²) in [5.74, 6) is 2.58. The van der Waals surface area contributed by atoms with Crippen LogP contribution >= 0.6 is 0 Å². The van der Waals surface area contributed by atoms with Gasteiger partial charge in [-0.05, 0) is 78.5 Å². The number of phenols is 1. The molecule has 1 aromatic carbocycles. The number of aliphatic hydroxyl groups excluding tert-OH is 1. The van der Waals surface area contributed by atoms with Crippen LogP contribution in [0.15, 0.2) is 18.2 Å². The monoisotopic (exact) mass is 316 g/mol. The molecular weight excluding hydrogens is 288 g/mol. The van der Waals surface area contributed by atoms with Crippen molar-refractivity contribution in [3.63, 3.8) is 0 Å². The molecule has 0 bridgehead atoms. The summed E-state index contributed by atoms with van der Waals surface area (Å²) in [6.07, 6.45) is 5.40. The molecule has 126 valence electrons. The Morgan fingerprint density at radius 3 is 2.83 bits per heavy atom. The molecule has 0 aliphatic heterocycles. The standard InChI is InChI=1S/C20H28O3/c1-20-8-7-15-14-4-3-13(21)10-16(14)12(11-23-2)9-17(15)18(20)5-6-19(20)22/h3-4,10,12,15,17-19,21-22H,5-9,11H2,1-2H3/t12-,15-,17-,18+,19?,20+/m1/s1.